The molecule has 0 radical (unpaired) electrons. The average Bonchev–Trinajstić information content (AvgIpc) is 3.16. The first-order chi connectivity index (χ1) is 16.9. The van der Waals surface area contributed by atoms with Gasteiger partial charge in [-0.1, -0.05) is 42.5 Å². The molecule has 0 aliphatic carbocycles. The molecular formula is C29H25NO5. The van der Waals surface area contributed by atoms with E-state index < -0.39 is 12.0 Å². The first kappa shape index (κ1) is 22.6. The second kappa shape index (κ2) is 8.87. The number of fused-ring (bicyclic) bond motifs is 2. The molecule has 1 aromatic heterocycles. The smallest absolute Gasteiger partial charge is 0.337 e. The maximum atomic E-state index is 13.7. The van der Waals surface area contributed by atoms with Crippen LogP contribution in [0.3, 0.4) is 0 Å². The predicted octanol–water partition coefficient (Wildman–Crippen LogP) is 4.98. The zero-order valence-corrected chi connectivity index (χ0v) is 19.8. The van der Waals surface area contributed by atoms with Crippen LogP contribution in [0, 0.1) is 13.8 Å². The fraction of sp³-hybridized carbons (Fsp3) is 0.207. The molecule has 0 spiro atoms. The van der Waals surface area contributed by atoms with Crippen LogP contribution in [0.5, 0.6) is 0 Å². The van der Waals surface area contributed by atoms with Crippen molar-refractivity contribution in [3.05, 3.63) is 116 Å². The summed E-state index contributed by atoms with van der Waals surface area (Å²) < 4.78 is 10.9. The van der Waals surface area contributed by atoms with E-state index in [1.807, 2.05) is 56.3 Å². The minimum absolute atomic E-state index is 0.0841. The highest BCUT2D eigenvalue weighted by molar-refractivity contribution is 5.99. The van der Waals surface area contributed by atoms with Crippen molar-refractivity contribution in [2.75, 3.05) is 13.7 Å². The Bertz CT molecular complexity index is 1500. The summed E-state index contributed by atoms with van der Waals surface area (Å²) in [6.07, 6.45) is 0.628. The summed E-state index contributed by atoms with van der Waals surface area (Å²) in [5, 5.41) is 0.459. The fourth-order valence-electron chi connectivity index (χ4n) is 4.67. The number of aryl methyl sites for hydroxylation is 2. The van der Waals surface area contributed by atoms with Crippen LogP contribution in [-0.2, 0) is 11.2 Å². The first-order valence-corrected chi connectivity index (χ1v) is 11.5. The third kappa shape index (κ3) is 3.91. The number of nitrogens with zero attached hydrogens (tertiary/aromatic N) is 1. The van der Waals surface area contributed by atoms with Gasteiger partial charge in [-0.25, -0.2) is 4.79 Å². The van der Waals surface area contributed by atoms with Crippen molar-refractivity contribution < 1.29 is 18.7 Å². The van der Waals surface area contributed by atoms with Crippen LogP contribution in [0.25, 0.3) is 11.0 Å². The lowest BCUT2D eigenvalue weighted by Crippen LogP contribution is -2.31. The highest BCUT2D eigenvalue weighted by Crippen LogP contribution is 2.38. The van der Waals surface area contributed by atoms with Gasteiger partial charge in [-0.15, -0.1) is 0 Å². The van der Waals surface area contributed by atoms with E-state index in [-0.39, 0.29) is 17.1 Å². The van der Waals surface area contributed by atoms with E-state index in [4.69, 9.17) is 9.15 Å². The molecule has 2 heterocycles. The maximum absolute atomic E-state index is 13.7. The molecule has 0 saturated carbocycles. The van der Waals surface area contributed by atoms with Gasteiger partial charge >= 0.3 is 5.97 Å². The number of carbonyl (C=O) groups is 2. The number of hydrogen-bond acceptors (Lipinski definition) is 5. The topological polar surface area (TPSA) is 76.8 Å². The van der Waals surface area contributed by atoms with Gasteiger partial charge in [-0.2, -0.15) is 0 Å². The summed E-state index contributed by atoms with van der Waals surface area (Å²) in [6, 6.07) is 19.7. The molecule has 0 bridgehead atoms. The number of rotatable bonds is 5. The molecule has 176 valence electrons. The quantitative estimate of drug-likeness (QED) is 0.387. The Labute approximate surface area is 202 Å². The third-order valence-electron chi connectivity index (χ3n) is 6.71. The number of esters is 1. The van der Waals surface area contributed by atoms with Crippen molar-refractivity contribution in [1.82, 2.24) is 4.90 Å². The van der Waals surface area contributed by atoms with Gasteiger partial charge in [0.1, 0.15) is 5.58 Å². The second-order valence-electron chi connectivity index (χ2n) is 8.86. The Balaban J connectivity index is 1.65. The van der Waals surface area contributed by atoms with Crippen molar-refractivity contribution >= 4 is 22.8 Å². The second-order valence-corrected chi connectivity index (χ2v) is 8.86. The highest BCUT2D eigenvalue weighted by Gasteiger charge is 2.42. The minimum Gasteiger partial charge on any atom is -0.465 e. The normalized spacial score (nSPS) is 14.9. The first-order valence-electron chi connectivity index (χ1n) is 11.5. The zero-order valence-electron chi connectivity index (χ0n) is 19.8. The largest absolute Gasteiger partial charge is 0.465 e. The molecular weight excluding hydrogens is 442 g/mol. The van der Waals surface area contributed by atoms with Crippen LogP contribution in [0.1, 0.15) is 54.8 Å². The summed E-state index contributed by atoms with van der Waals surface area (Å²) in [5.74, 6) is -0.673. The van der Waals surface area contributed by atoms with Gasteiger partial charge in [-0.05, 0) is 66.8 Å². The van der Waals surface area contributed by atoms with Crippen LogP contribution >= 0.6 is 0 Å². The Kier molecular flexibility index (Phi) is 5.73. The molecule has 0 saturated heterocycles. The van der Waals surface area contributed by atoms with E-state index in [9.17, 15) is 14.4 Å². The maximum Gasteiger partial charge on any atom is 0.337 e. The third-order valence-corrected chi connectivity index (χ3v) is 6.71. The summed E-state index contributed by atoms with van der Waals surface area (Å²) in [7, 11) is 1.33. The average molecular weight is 468 g/mol. The summed E-state index contributed by atoms with van der Waals surface area (Å²) >= 11 is 0. The molecule has 6 heteroatoms. The number of amides is 1. The molecule has 4 aromatic rings. The van der Waals surface area contributed by atoms with E-state index in [2.05, 4.69) is 0 Å². The Hall–Kier alpha value is -4.19. The molecule has 35 heavy (non-hydrogen) atoms. The van der Waals surface area contributed by atoms with Gasteiger partial charge < -0.3 is 14.1 Å². The van der Waals surface area contributed by atoms with E-state index in [0.717, 1.165) is 22.3 Å². The van der Waals surface area contributed by atoms with E-state index in [1.165, 1.54) is 7.11 Å². The van der Waals surface area contributed by atoms with Crippen LogP contribution in [-0.4, -0.2) is 30.4 Å². The molecule has 1 atom stereocenters. The van der Waals surface area contributed by atoms with Crippen LogP contribution in [0.4, 0.5) is 0 Å². The van der Waals surface area contributed by atoms with Crippen LogP contribution in [0.2, 0.25) is 0 Å². The van der Waals surface area contributed by atoms with Gasteiger partial charge in [0.05, 0.1) is 29.7 Å². The number of ether oxygens (including phenoxy) is 1. The molecule has 3 aromatic carbocycles. The molecule has 0 N–H and O–H groups in total. The number of benzene rings is 3. The van der Waals surface area contributed by atoms with Crippen molar-refractivity contribution in [2.24, 2.45) is 0 Å². The van der Waals surface area contributed by atoms with Gasteiger partial charge in [0.2, 0.25) is 5.76 Å². The predicted molar refractivity (Wildman–Crippen MR) is 133 cm³/mol. The summed E-state index contributed by atoms with van der Waals surface area (Å²) in [4.78, 5) is 40.9. The fourth-order valence-corrected chi connectivity index (χ4v) is 4.67. The minimum atomic E-state index is -0.616. The van der Waals surface area contributed by atoms with Gasteiger partial charge in [0, 0.05) is 6.54 Å². The molecule has 6 nitrogen and oxygen atoms in total. The summed E-state index contributed by atoms with van der Waals surface area (Å²) in [6.45, 7) is 4.30. The van der Waals surface area contributed by atoms with E-state index >= 15 is 0 Å². The Morgan fingerprint density at radius 3 is 2.34 bits per heavy atom. The van der Waals surface area contributed by atoms with E-state index in [1.54, 1.807) is 29.2 Å². The molecule has 0 unspecified atom stereocenters. The van der Waals surface area contributed by atoms with Crippen molar-refractivity contribution in [3.8, 4) is 0 Å². The van der Waals surface area contributed by atoms with Gasteiger partial charge in [-0.3, -0.25) is 9.59 Å². The Morgan fingerprint density at radius 1 is 0.971 bits per heavy atom. The lowest BCUT2D eigenvalue weighted by molar-refractivity contribution is 0.0600. The number of methoxy groups -OCH3 is 1. The monoisotopic (exact) mass is 467 g/mol. The highest BCUT2D eigenvalue weighted by atomic mass is 16.5. The molecule has 1 amide bonds. The molecule has 5 rings (SSSR count). The number of carbonyl (C=O) groups excluding carboxylic acids is 2. The zero-order chi connectivity index (χ0) is 24.7. The molecule has 0 fully saturated rings. The Morgan fingerprint density at radius 2 is 1.66 bits per heavy atom. The van der Waals surface area contributed by atoms with Crippen LogP contribution in [0.15, 0.2) is 75.9 Å². The lowest BCUT2D eigenvalue weighted by Gasteiger charge is -2.25. The van der Waals surface area contributed by atoms with Crippen molar-refractivity contribution in [1.29, 1.82) is 0 Å². The number of hydrogen-bond donors (Lipinski definition) is 0. The lowest BCUT2D eigenvalue weighted by atomic mass is 9.96. The standard InChI is InChI=1S/C29H25NO5/c1-17-15-22-23(16-18(17)2)35-27-24(26(22)31)25(20-9-11-21(12-10-20)29(33)34-3)30(28(27)32)14-13-19-7-5-4-6-8-19/h4-12,15-16,25H,13-14H2,1-3H3/t25-/m1/s1. The van der Waals surface area contributed by atoms with Crippen molar-refractivity contribution in [2.45, 2.75) is 26.3 Å². The van der Waals surface area contributed by atoms with Crippen LogP contribution < -0.4 is 5.43 Å². The van der Waals surface area contributed by atoms with Gasteiger partial charge in [0.15, 0.2) is 5.43 Å². The van der Waals surface area contributed by atoms with Crippen molar-refractivity contribution in [3.63, 3.8) is 0 Å². The molecule has 1 aliphatic rings. The van der Waals surface area contributed by atoms with E-state index in [0.29, 0.717) is 35.1 Å². The molecule has 1 aliphatic heterocycles. The summed E-state index contributed by atoms with van der Waals surface area (Å²) in [5.41, 5.74) is 4.73. The van der Waals surface area contributed by atoms with Gasteiger partial charge in [0.25, 0.3) is 5.91 Å². The SMILES string of the molecule is COC(=O)c1ccc([C@@H]2c3c(oc4cc(C)c(C)cc4c3=O)C(=O)N2CCc2ccccc2)cc1.